The maximum absolute atomic E-state index is 12.9. The molecule has 0 saturated carbocycles. The van der Waals surface area contributed by atoms with E-state index in [1.54, 1.807) is 12.1 Å². The molecule has 0 aliphatic carbocycles. The van der Waals surface area contributed by atoms with Crippen molar-refractivity contribution in [2.45, 2.75) is 17.9 Å². The van der Waals surface area contributed by atoms with Crippen LogP contribution in [0.25, 0.3) is 0 Å². The second kappa shape index (κ2) is 5.71. The maximum Gasteiger partial charge on any atom is 0.238 e. The molecule has 0 saturated heterocycles. The highest BCUT2D eigenvalue weighted by atomic mass is 32.2. The van der Waals surface area contributed by atoms with E-state index in [9.17, 15) is 12.8 Å². The zero-order chi connectivity index (χ0) is 15.6. The highest BCUT2D eigenvalue weighted by molar-refractivity contribution is 7.89. The van der Waals surface area contributed by atoms with Crippen molar-refractivity contribution in [2.75, 3.05) is 11.1 Å². The Labute approximate surface area is 122 Å². The summed E-state index contributed by atoms with van der Waals surface area (Å²) in [5, 5.41) is 8.19. The third-order valence-corrected chi connectivity index (χ3v) is 4.01. The van der Waals surface area contributed by atoms with Gasteiger partial charge >= 0.3 is 0 Å². The normalized spacial score (nSPS) is 12.9. The summed E-state index contributed by atoms with van der Waals surface area (Å²) >= 11 is 0. The van der Waals surface area contributed by atoms with Crippen molar-refractivity contribution < 1.29 is 12.8 Å². The SMILES string of the molecule is CC(Nc1cc(S(N)(=O)=O)ccc1N)c1ccc(F)cc1. The van der Waals surface area contributed by atoms with Crippen LogP contribution in [0.4, 0.5) is 15.8 Å². The Bertz CT molecular complexity index is 745. The standard InChI is InChI=1S/C14H16FN3O2S/c1-9(10-2-4-11(15)5-3-10)18-14-8-12(21(17,19)20)6-7-13(14)16/h2-9,18H,16H2,1H3,(H2,17,19,20). The van der Waals surface area contributed by atoms with Crippen molar-refractivity contribution in [3.63, 3.8) is 0 Å². The summed E-state index contributed by atoms with van der Waals surface area (Å²) in [7, 11) is -3.79. The number of anilines is 2. The van der Waals surface area contributed by atoms with Crippen LogP contribution in [0, 0.1) is 5.82 Å². The summed E-state index contributed by atoms with van der Waals surface area (Å²) < 4.78 is 35.6. The van der Waals surface area contributed by atoms with Crippen molar-refractivity contribution in [2.24, 2.45) is 5.14 Å². The molecular weight excluding hydrogens is 293 g/mol. The zero-order valence-electron chi connectivity index (χ0n) is 11.4. The first-order valence-electron chi connectivity index (χ1n) is 6.21. The van der Waals surface area contributed by atoms with E-state index in [2.05, 4.69) is 5.32 Å². The quantitative estimate of drug-likeness (QED) is 0.754. The Balaban J connectivity index is 2.28. The molecule has 0 bridgehead atoms. The van der Waals surface area contributed by atoms with Crippen LogP contribution < -0.4 is 16.2 Å². The summed E-state index contributed by atoms with van der Waals surface area (Å²) in [6.45, 7) is 1.86. The summed E-state index contributed by atoms with van der Waals surface area (Å²) in [5.74, 6) is -0.318. The molecule has 0 aromatic heterocycles. The topological polar surface area (TPSA) is 98.2 Å². The van der Waals surface area contributed by atoms with Crippen LogP contribution in [0.5, 0.6) is 0 Å². The van der Waals surface area contributed by atoms with Gasteiger partial charge in [0.2, 0.25) is 10.0 Å². The molecular formula is C14H16FN3O2S. The van der Waals surface area contributed by atoms with Gasteiger partial charge < -0.3 is 11.1 Å². The number of nitrogen functional groups attached to an aromatic ring is 1. The molecule has 0 aliphatic heterocycles. The predicted octanol–water partition coefficient (Wildman–Crippen LogP) is 2.23. The number of rotatable bonds is 4. The Morgan fingerprint density at radius 2 is 1.76 bits per heavy atom. The lowest BCUT2D eigenvalue weighted by Crippen LogP contribution is -2.14. The fraction of sp³-hybridized carbons (Fsp3) is 0.143. The molecule has 0 aliphatic rings. The highest BCUT2D eigenvalue weighted by Gasteiger charge is 2.12. The molecule has 2 aromatic rings. The molecule has 112 valence electrons. The second-order valence-electron chi connectivity index (χ2n) is 4.71. The molecule has 5 nitrogen and oxygen atoms in total. The van der Waals surface area contributed by atoms with Crippen molar-refractivity contribution in [1.29, 1.82) is 0 Å². The Morgan fingerprint density at radius 3 is 2.33 bits per heavy atom. The molecule has 2 aromatic carbocycles. The lowest BCUT2D eigenvalue weighted by atomic mass is 10.1. The van der Waals surface area contributed by atoms with Crippen LogP contribution in [0.15, 0.2) is 47.4 Å². The highest BCUT2D eigenvalue weighted by Crippen LogP contribution is 2.26. The van der Waals surface area contributed by atoms with Gasteiger partial charge in [0.1, 0.15) is 5.82 Å². The fourth-order valence-electron chi connectivity index (χ4n) is 1.91. The second-order valence-corrected chi connectivity index (χ2v) is 6.27. The van der Waals surface area contributed by atoms with Gasteiger partial charge in [-0.3, -0.25) is 0 Å². The monoisotopic (exact) mass is 309 g/mol. The molecule has 2 rings (SSSR count). The average molecular weight is 309 g/mol. The molecule has 21 heavy (non-hydrogen) atoms. The number of primary sulfonamides is 1. The number of benzene rings is 2. The van der Waals surface area contributed by atoms with E-state index >= 15 is 0 Å². The number of nitrogens with two attached hydrogens (primary N) is 2. The fourth-order valence-corrected chi connectivity index (χ4v) is 2.45. The molecule has 0 radical (unpaired) electrons. The molecule has 7 heteroatoms. The van der Waals surface area contributed by atoms with Gasteiger partial charge in [-0.2, -0.15) is 0 Å². The lowest BCUT2D eigenvalue weighted by Gasteiger charge is -2.18. The number of halogens is 1. The summed E-state index contributed by atoms with van der Waals surface area (Å²) in [4.78, 5) is -0.0227. The third kappa shape index (κ3) is 3.71. The molecule has 0 heterocycles. The molecule has 1 atom stereocenters. The van der Waals surface area contributed by atoms with E-state index in [1.165, 1.54) is 30.3 Å². The number of hydrogen-bond acceptors (Lipinski definition) is 4. The molecule has 0 spiro atoms. The summed E-state index contributed by atoms with van der Waals surface area (Å²) in [6, 6.07) is 10.0. The molecule has 0 fully saturated rings. The van der Waals surface area contributed by atoms with Crippen LogP contribution in [0.1, 0.15) is 18.5 Å². The number of nitrogens with one attached hydrogen (secondary N) is 1. The minimum absolute atomic E-state index is 0.0227. The van der Waals surface area contributed by atoms with Crippen LogP contribution in [-0.4, -0.2) is 8.42 Å². The van der Waals surface area contributed by atoms with Crippen molar-refractivity contribution in [1.82, 2.24) is 0 Å². The van der Waals surface area contributed by atoms with Crippen molar-refractivity contribution in [3.8, 4) is 0 Å². The van der Waals surface area contributed by atoms with Crippen LogP contribution >= 0.6 is 0 Å². The van der Waals surface area contributed by atoms with Crippen molar-refractivity contribution >= 4 is 21.4 Å². The van der Waals surface area contributed by atoms with Gasteiger partial charge in [-0.05, 0) is 42.8 Å². The van der Waals surface area contributed by atoms with E-state index < -0.39 is 10.0 Å². The van der Waals surface area contributed by atoms with Crippen LogP contribution in [-0.2, 0) is 10.0 Å². The van der Waals surface area contributed by atoms with Gasteiger partial charge in [0.15, 0.2) is 0 Å². The minimum Gasteiger partial charge on any atom is -0.397 e. The van der Waals surface area contributed by atoms with E-state index in [4.69, 9.17) is 10.9 Å². The van der Waals surface area contributed by atoms with Gasteiger partial charge in [0.05, 0.1) is 16.3 Å². The Kier molecular flexibility index (Phi) is 4.15. The molecule has 5 N–H and O–H groups in total. The average Bonchev–Trinajstić information content (AvgIpc) is 2.40. The first-order chi connectivity index (χ1) is 9.77. The van der Waals surface area contributed by atoms with E-state index in [1.807, 2.05) is 6.92 Å². The molecule has 0 amide bonds. The van der Waals surface area contributed by atoms with E-state index in [0.29, 0.717) is 11.4 Å². The number of sulfonamides is 1. The van der Waals surface area contributed by atoms with Crippen molar-refractivity contribution in [3.05, 3.63) is 53.8 Å². The van der Waals surface area contributed by atoms with Crippen LogP contribution in [0.2, 0.25) is 0 Å². The van der Waals surface area contributed by atoms with E-state index in [-0.39, 0.29) is 16.8 Å². The Morgan fingerprint density at radius 1 is 1.14 bits per heavy atom. The lowest BCUT2D eigenvalue weighted by molar-refractivity contribution is 0.598. The molecule has 1 unspecified atom stereocenters. The van der Waals surface area contributed by atoms with Gasteiger partial charge in [-0.15, -0.1) is 0 Å². The summed E-state index contributed by atoms with van der Waals surface area (Å²) in [5.41, 5.74) is 7.53. The number of hydrogen-bond donors (Lipinski definition) is 3. The maximum atomic E-state index is 12.9. The minimum atomic E-state index is -3.79. The van der Waals surface area contributed by atoms with Gasteiger partial charge in [0.25, 0.3) is 0 Å². The van der Waals surface area contributed by atoms with Gasteiger partial charge in [0, 0.05) is 6.04 Å². The van der Waals surface area contributed by atoms with Gasteiger partial charge in [-0.25, -0.2) is 17.9 Å². The first kappa shape index (κ1) is 15.3. The predicted molar refractivity (Wildman–Crippen MR) is 80.7 cm³/mol. The smallest absolute Gasteiger partial charge is 0.238 e. The summed E-state index contributed by atoms with van der Waals surface area (Å²) in [6.07, 6.45) is 0. The van der Waals surface area contributed by atoms with Gasteiger partial charge in [-0.1, -0.05) is 12.1 Å². The van der Waals surface area contributed by atoms with E-state index in [0.717, 1.165) is 5.56 Å². The Hall–Kier alpha value is -2.12. The third-order valence-electron chi connectivity index (χ3n) is 3.10. The van der Waals surface area contributed by atoms with Crippen LogP contribution in [0.3, 0.4) is 0 Å². The first-order valence-corrected chi connectivity index (χ1v) is 7.76. The largest absolute Gasteiger partial charge is 0.397 e. The zero-order valence-corrected chi connectivity index (χ0v) is 12.2.